The predicted octanol–water partition coefficient (Wildman–Crippen LogP) is 11.4. The summed E-state index contributed by atoms with van der Waals surface area (Å²) < 4.78 is 17.8. The average Bonchev–Trinajstić information content (AvgIpc) is 2.95. The van der Waals surface area contributed by atoms with Gasteiger partial charge < -0.3 is 14.2 Å². The maximum atomic E-state index is 11.7. The summed E-state index contributed by atoms with van der Waals surface area (Å²) in [5.41, 5.74) is 3.85. The van der Waals surface area contributed by atoms with Gasteiger partial charge in [-0.2, -0.15) is 0 Å². The van der Waals surface area contributed by atoms with Crippen LogP contribution in [0.4, 0.5) is 0 Å². The molecule has 3 atom stereocenters. The molecule has 42 heavy (non-hydrogen) atoms. The number of aryl methyl sites for hydroxylation is 1. The van der Waals surface area contributed by atoms with E-state index in [9.17, 15) is 4.79 Å². The van der Waals surface area contributed by atoms with Crippen LogP contribution in [0.3, 0.4) is 0 Å². The van der Waals surface area contributed by atoms with Gasteiger partial charge in [0.15, 0.2) is 0 Å². The second-order valence-electron chi connectivity index (χ2n) is 13.2. The van der Waals surface area contributed by atoms with E-state index in [1.54, 1.807) is 12.1 Å². The molecule has 4 heteroatoms. The Kier molecular flexibility index (Phi) is 14.9. The topological polar surface area (TPSA) is 44.8 Å². The molecule has 1 aliphatic heterocycles. The van der Waals surface area contributed by atoms with E-state index < -0.39 is 0 Å². The van der Waals surface area contributed by atoms with E-state index in [0.29, 0.717) is 11.3 Å². The van der Waals surface area contributed by atoms with Gasteiger partial charge in [-0.15, -0.1) is 0 Å². The Morgan fingerprint density at radius 1 is 0.905 bits per heavy atom. The molecule has 0 saturated heterocycles. The second-order valence-corrected chi connectivity index (χ2v) is 13.2. The zero-order chi connectivity index (χ0) is 31.3. The zero-order valence-corrected chi connectivity index (χ0v) is 28.5. The van der Waals surface area contributed by atoms with Gasteiger partial charge in [0.25, 0.3) is 0 Å². The number of carbonyl (C=O) groups is 1. The molecule has 0 radical (unpaired) electrons. The number of ether oxygens (including phenoxy) is 3. The number of rotatable bonds is 15. The second kappa shape index (κ2) is 17.6. The lowest BCUT2D eigenvalue weighted by atomic mass is 9.85. The Morgan fingerprint density at radius 2 is 1.48 bits per heavy atom. The molecule has 0 aromatic heterocycles. The monoisotopic (exact) mass is 580 g/mol. The molecule has 1 aliphatic rings. The quantitative estimate of drug-likeness (QED) is 0.197. The van der Waals surface area contributed by atoms with E-state index in [4.69, 9.17) is 14.2 Å². The number of hydrogen-bond acceptors (Lipinski definition) is 4. The summed E-state index contributed by atoms with van der Waals surface area (Å²) >= 11 is 0. The van der Waals surface area contributed by atoms with Crippen molar-refractivity contribution in [2.75, 3.05) is 7.11 Å². The van der Waals surface area contributed by atoms with Crippen molar-refractivity contribution in [2.45, 2.75) is 139 Å². The number of methoxy groups -OCH3 is 1. The average molecular weight is 581 g/mol. The van der Waals surface area contributed by atoms with Crippen molar-refractivity contribution in [3.8, 4) is 17.2 Å². The van der Waals surface area contributed by atoms with E-state index in [1.807, 2.05) is 26.0 Å². The van der Waals surface area contributed by atoms with Crippen molar-refractivity contribution in [3.05, 3.63) is 52.6 Å². The van der Waals surface area contributed by atoms with Crippen LogP contribution < -0.4 is 9.47 Å². The third kappa shape index (κ3) is 11.0. The smallest absolute Gasteiger partial charge is 0.337 e. The zero-order valence-electron chi connectivity index (χ0n) is 28.5. The molecule has 1 heterocycles. The number of carbonyl (C=O) groups excluding carboxylic acids is 1. The number of esters is 1. The first-order valence-corrected chi connectivity index (χ1v) is 16.7. The maximum Gasteiger partial charge on any atom is 0.337 e. The van der Waals surface area contributed by atoms with E-state index in [2.05, 4.69) is 54.5 Å². The van der Waals surface area contributed by atoms with Gasteiger partial charge in [0.1, 0.15) is 22.8 Å². The summed E-state index contributed by atoms with van der Waals surface area (Å²) in [7, 11) is 1.39. The minimum atomic E-state index is -0.347. The highest BCUT2D eigenvalue weighted by Gasteiger charge is 2.33. The Morgan fingerprint density at radius 3 is 2.05 bits per heavy atom. The van der Waals surface area contributed by atoms with Crippen LogP contribution in [-0.2, 0) is 11.2 Å². The van der Waals surface area contributed by atoms with Gasteiger partial charge in [-0.05, 0) is 106 Å². The van der Waals surface area contributed by atoms with E-state index in [0.717, 1.165) is 59.6 Å². The molecule has 3 rings (SSSR count). The molecule has 0 aliphatic carbocycles. The van der Waals surface area contributed by atoms with E-state index in [-0.39, 0.29) is 11.6 Å². The standard InChI is InChI=1S/C36H54O4.C2H6/c1-25(2)12-9-13-26(3)14-10-15-27(4)16-11-22-36(7)23-21-32-29(6)34(28(5)24-33(32)40-36)39-31-19-17-30(18-20-31)35(37)38-8;1-2/h17-20,24-27H,9-16,21-23H2,1-8H3;1-2H3. The summed E-state index contributed by atoms with van der Waals surface area (Å²) in [4.78, 5) is 11.7. The Labute approximate surface area is 257 Å². The molecule has 3 unspecified atom stereocenters. The van der Waals surface area contributed by atoms with Gasteiger partial charge in [-0.1, -0.05) is 86.5 Å². The number of hydrogen-bond donors (Lipinski definition) is 0. The van der Waals surface area contributed by atoms with Crippen molar-refractivity contribution in [2.24, 2.45) is 17.8 Å². The summed E-state index contributed by atoms with van der Waals surface area (Å²) in [5.74, 6) is 4.73. The van der Waals surface area contributed by atoms with Crippen molar-refractivity contribution >= 4 is 5.97 Å². The lowest BCUT2D eigenvalue weighted by molar-refractivity contribution is 0.0520. The van der Waals surface area contributed by atoms with E-state index in [1.165, 1.54) is 64.0 Å². The molecule has 4 nitrogen and oxygen atoms in total. The third-order valence-corrected chi connectivity index (χ3v) is 8.83. The molecular formula is C38H60O4. The summed E-state index contributed by atoms with van der Waals surface area (Å²) in [5, 5.41) is 0. The van der Waals surface area contributed by atoms with Gasteiger partial charge in [-0.25, -0.2) is 4.79 Å². The van der Waals surface area contributed by atoms with Gasteiger partial charge in [0.2, 0.25) is 0 Å². The molecule has 0 amide bonds. The summed E-state index contributed by atoms with van der Waals surface area (Å²) in [6.07, 6.45) is 13.9. The van der Waals surface area contributed by atoms with Crippen LogP contribution >= 0.6 is 0 Å². The molecule has 0 spiro atoms. The Balaban J connectivity index is 0.00000301. The van der Waals surface area contributed by atoms with Crippen LogP contribution in [0.2, 0.25) is 0 Å². The minimum absolute atomic E-state index is 0.109. The fourth-order valence-electron chi connectivity index (χ4n) is 6.10. The van der Waals surface area contributed by atoms with Crippen molar-refractivity contribution in [1.29, 1.82) is 0 Å². The molecular weight excluding hydrogens is 520 g/mol. The van der Waals surface area contributed by atoms with Crippen LogP contribution in [0, 0.1) is 31.6 Å². The van der Waals surface area contributed by atoms with Crippen LogP contribution in [0.1, 0.15) is 140 Å². The van der Waals surface area contributed by atoms with Gasteiger partial charge in [0, 0.05) is 5.56 Å². The van der Waals surface area contributed by atoms with Gasteiger partial charge in [0.05, 0.1) is 12.7 Å². The molecule has 2 aromatic rings. The Hall–Kier alpha value is -2.49. The molecule has 0 fully saturated rings. The molecule has 236 valence electrons. The van der Waals surface area contributed by atoms with Crippen molar-refractivity contribution < 1.29 is 19.0 Å². The maximum absolute atomic E-state index is 11.7. The fraction of sp³-hybridized carbons (Fsp3) is 0.658. The van der Waals surface area contributed by atoms with Crippen LogP contribution in [0.15, 0.2) is 30.3 Å². The number of fused-ring (bicyclic) bond motifs is 1. The third-order valence-electron chi connectivity index (χ3n) is 8.83. The largest absolute Gasteiger partial charge is 0.487 e. The SMILES string of the molecule is CC.COC(=O)c1ccc(Oc2c(C)cc3c(c2C)CCC(C)(CCCC(C)CCCC(C)CCCC(C)C)O3)cc1. The first-order chi connectivity index (χ1) is 20.0. The van der Waals surface area contributed by atoms with Gasteiger partial charge in [-0.3, -0.25) is 0 Å². The summed E-state index contributed by atoms with van der Waals surface area (Å²) in [6.45, 7) is 20.0. The molecule has 0 bridgehead atoms. The summed E-state index contributed by atoms with van der Waals surface area (Å²) in [6, 6.07) is 9.23. The van der Waals surface area contributed by atoms with Crippen molar-refractivity contribution in [3.63, 3.8) is 0 Å². The highest BCUT2D eigenvalue weighted by molar-refractivity contribution is 5.89. The predicted molar refractivity (Wildman–Crippen MR) is 177 cm³/mol. The minimum Gasteiger partial charge on any atom is -0.487 e. The molecule has 0 saturated carbocycles. The van der Waals surface area contributed by atoms with Crippen LogP contribution in [0.25, 0.3) is 0 Å². The highest BCUT2D eigenvalue weighted by Crippen LogP contribution is 2.43. The lowest BCUT2D eigenvalue weighted by Crippen LogP contribution is -2.36. The van der Waals surface area contributed by atoms with Crippen LogP contribution in [0.5, 0.6) is 17.2 Å². The van der Waals surface area contributed by atoms with Crippen molar-refractivity contribution in [1.82, 2.24) is 0 Å². The molecule has 2 aromatic carbocycles. The normalized spacial score (nSPS) is 17.4. The van der Waals surface area contributed by atoms with Crippen LogP contribution in [-0.4, -0.2) is 18.7 Å². The van der Waals surface area contributed by atoms with E-state index >= 15 is 0 Å². The Bertz CT molecular complexity index is 1090. The first-order valence-electron chi connectivity index (χ1n) is 16.7. The lowest BCUT2D eigenvalue weighted by Gasteiger charge is -2.37. The van der Waals surface area contributed by atoms with Gasteiger partial charge >= 0.3 is 5.97 Å². The number of benzene rings is 2. The first kappa shape index (κ1) is 35.7. The molecule has 0 N–H and O–H groups in total. The fourth-order valence-corrected chi connectivity index (χ4v) is 6.10. The highest BCUT2D eigenvalue weighted by atomic mass is 16.5.